The van der Waals surface area contributed by atoms with Gasteiger partial charge < -0.3 is 9.15 Å². The topological polar surface area (TPSA) is 86.4 Å². The van der Waals surface area contributed by atoms with E-state index in [1.165, 1.54) is 4.57 Å². The van der Waals surface area contributed by atoms with E-state index in [-0.39, 0.29) is 18.1 Å². The summed E-state index contributed by atoms with van der Waals surface area (Å²) in [7, 11) is 1.58. The van der Waals surface area contributed by atoms with Crippen molar-refractivity contribution in [3.8, 4) is 0 Å². The zero-order valence-corrected chi connectivity index (χ0v) is 11.8. The molecule has 0 unspecified atom stereocenters. The fraction of sp³-hybridized carbons (Fsp3) is 0.133. The molecule has 0 radical (unpaired) electrons. The Hall–Kier alpha value is -3.09. The van der Waals surface area contributed by atoms with Crippen LogP contribution in [0.5, 0.6) is 0 Å². The lowest BCUT2D eigenvalue weighted by atomic mass is 10.2. The molecule has 0 bridgehead atoms. The van der Waals surface area contributed by atoms with Crippen molar-refractivity contribution in [2.24, 2.45) is 7.05 Å². The molecule has 3 rings (SSSR count). The maximum atomic E-state index is 11.7. The smallest absolute Gasteiger partial charge is 0.421 e. The van der Waals surface area contributed by atoms with E-state index in [9.17, 15) is 9.59 Å². The van der Waals surface area contributed by atoms with E-state index in [4.69, 9.17) is 9.15 Å². The van der Waals surface area contributed by atoms with Crippen molar-refractivity contribution in [3.63, 3.8) is 0 Å². The lowest BCUT2D eigenvalue weighted by molar-refractivity contribution is 0.155. The number of carbonyl (C=O) groups excluding carboxylic acids is 1. The standard InChI is InChI=1S/C15H13N3O4/c1-18-11-7-8-12(16-13(11)22-15(18)20)17-14(19)21-9-10-5-3-2-4-6-10/h2-8H,9H2,1H3,(H,16,17,19). The minimum Gasteiger partial charge on any atom is -0.444 e. The van der Waals surface area contributed by atoms with Crippen molar-refractivity contribution < 1.29 is 13.9 Å². The molecule has 2 heterocycles. The Kier molecular flexibility index (Phi) is 3.61. The van der Waals surface area contributed by atoms with Gasteiger partial charge in [-0.25, -0.2) is 9.59 Å². The quantitative estimate of drug-likeness (QED) is 0.801. The highest BCUT2D eigenvalue weighted by molar-refractivity contribution is 5.84. The maximum Gasteiger partial charge on any atom is 0.421 e. The molecule has 1 amide bonds. The molecular weight excluding hydrogens is 286 g/mol. The van der Waals surface area contributed by atoms with Crippen molar-refractivity contribution in [3.05, 3.63) is 58.6 Å². The van der Waals surface area contributed by atoms with Crippen LogP contribution in [-0.4, -0.2) is 15.6 Å². The van der Waals surface area contributed by atoms with E-state index in [2.05, 4.69) is 10.3 Å². The molecule has 1 N–H and O–H groups in total. The first-order valence-corrected chi connectivity index (χ1v) is 6.58. The van der Waals surface area contributed by atoms with Gasteiger partial charge in [-0.15, -0.1) is 0 Å². The molecule has 3 aromatic rings. The van der Waals surface area contributed by atoms with Crippen LogP contribution in [0.4, 0.5) is 10.6 Å². The van der Waals surface area contributed by atoms with Crippen LogP contribution in [-0.2, 0) is 18.4 Å². The van der Waals surface area contributed by atoms with Gasteiger partial charge in [0.25, 0.3) is 5.71 Å². The van der Waals surface area contributed by atoms with Crippen LogP contribution in [0.15, 0.2) is 51.7 Å². The number of benzene rings is 1. The number of anilines is 1. The Balaban J connectivity index is 1.67. The molecule has 1 aromatic carbocycles. The van der Waals surface area contributed by atoms with Crippen LogP contribution < -0.4 is 11.1 Å². The molecule has 0 aliphatic rings. The molecule has 2 aromatic heterocycles. The molecule has 7 heteroatoms. The minimum absolute atomic E-state index is 0.161. The molecule has 7 nitrogen and oxygen atoms in total. The highest BCUT2D eigenvalue weighted by Gasteiger charge is 2.10. The summed E-state index contributed by atoms with van der Waals surface area (Å²) in [5, 5.41) is 2.49. The number of amides is 1. The third-order valence-corrected chi connectivity index (χ3v) is 3.10. The third-order valence-electron chi connectivity index (χ3n) is 3.10. The number of hydrogen-bond acceptors (Lipinski definition) is 5. The number of oxazole rings is 1. The monoisotopic (exact) mass is 299 g/mol. The second-order valence-corrected chi connectivity index (χ2v) is 4.63. The van der Waals surface area contributed by atoms with Gasteiger partial charge in [0.2, 0.25) is 0 Å². The summed E-state index contributed by atoms with van der Waals surface area (Å²) in [5.74, 6) is -0.258. The Labute approximate surface area is 125 Å². The number of hydrogen-bond donors (Lipinski definition) is 1. The predicted octanol–water partition coefficient (Wildman–Crippen LogP) is 2.28. The van der Waals surface area contributed by atoms with Crippen LogP contribution in [0.1, 0.15) is 5.56 Å². The highest BCUT2D eigenvalue weighted by atomic mass is 16.5. The van der Waals surface area contributed by atoms with Gasteiger partial charge in [-0.05, 0) is 17.7 Å². The number of rotatable bonds is 3. The summed E-state index contributed by atoms with van der Waals surface area (Å²) in [5.41, 5.74) is 1.59. The van der Waals surface area contributed by atoms with E-state index >= 15 is 0 Å². The third kappa shape index (κ3) is 2.83. The molecule has 0 saturated heterocycles. The van der Waals surface area contributed by atoms with Crippen molar-refractivity contribution in [2.45, 2.75) is 6.61 Å². The van der Waals surface area contributed by atoms with Gasteiger partial charge in [-0.2, -0.15) is 4.98 Å². The zero-order chi connectivity index (χ0) is 15.5. The lowest BCUT2D eigenvalue weighted by Gasteiger charge is -2.06. The Morgan fingerprint density at radius 1 is 1.27 bits per heavy atom. The maximum absolute atomic E-state index is 11.7. The van der Waals surface area contributed by atoms with Gasteiger partial charge in [-0.1, -0.05) is 30.3 Å². The minimum atomic E-state index is -0.631. The van der Waals surface area contributed by atoms with Crippen LogP contribution in [0.3, 0.4) is 0 Å². The summed E-state index contributed by atoms with van der Waals surface area (Å²) in [4.78, 5) is 27.2. The van der Waals surface area contributed by atoms with Gasteiger partial charge >= 0.3 is 11.8 Å². The van der Waals surface area contributed by atoms with Crippen molar-refractivity contribution in [1.82, 2.24) is 9.55 Å². The molecule has 0 atom stereocenters. The van der Waals surface area contributed by atoms with Crippen molar-refractivity contribution >= 4 is 23.1 Å². The number of aromatic nitrogens is 2. The lowest BCUT2D eigenvalue weighted by Crippen LogP contribution is -2.14. The molecule has 0 fully saturated rings. The first-order valence-electron chi connectivity index (χ1n) is 6.58. The fourth-order valence-corrected chi connectivity index (χ4v) is 1.95. The molecule has 22 heavy (non-hydrogen) atoms. The number of fused-ring (bicyclic) bond motifs is 1. The summed E-state index contributed by atoms with van der Waals surface area (Å²) < 4.78 is 11.4. The van der Waals surface area contributed by atoms with E-state index in [1.54, 1.807) is 19.2 Å². The van der Waals surface area contributed by atoms with Crippen LogP contribution in [0.25, 0.3) is 11.2 Å². The van der Waals surface area contributed by atoms with Gasteiger partial charge in [0, 0.05) is 7.05 Å². The Morgan fingerprint density at radius 2 is 2.05 bits per heavy atom. The molecule has 0 aliphatic heterocycles. The summed E-state index contributed by atoms with van der Waals surface area (Å²) in [6, 6.07) is 12.5. The summed E-state index contributed by atoms with van der Waals surface area (Å²) in [6.45, 7) is 0.162. The normalized spacial score (nSPS) is 10.6. The summed E-state index contributed by atoms with van der Waals surface area (Å²) >= 11 is 0. The average Bonchev–Trinajstić information content (AvgIpc) is 2.81. The van der Waals surface area contributed by atoms with Crippen molar-refractivity contribution in [2.75, 3.05) is 5.32 Å². The first-order chi connectivity index (χ1) is 10.6. The largest absolute Gasteiger partial charge is 0.444 e. The molecule has 112 valence electrons. The van der Waals surface area contributed by atoms with Gasteiger partial charge in [0.1, 0.15) is 17.9 Å². The SMILES string of the molecule is Cn1c(=O)oc2nc(NC(=O)OCc3ccccc3)ccc21. The fourth-order valence-electron chi connectivity index (χ4n) is 1.95. The first kappa shape index (κ1) is 13.9. The van der Waals surface area contributed by atoms with Gasteiger partial charge in [-0.3, -0.25) is 9.88 Å². The number of pyridine rings is 1. The van der Waals surface area contributed by atoms with Crippen LogP contribution >= 0.6 is 0 Å². The highest BCUT2D eigenvalue weighted by Crippen LogP contribution is 2.13. The number of aryl methyl sites for hydroxylation is 1. The van der Waals surface area contributed by atoms with Gasteiger partial charge in [0.15, 0.2) is 0 Å². The number of nitrogens with zero attached hydrogens (tertiary/aromatic N) is 2. The van der Waals surface area contributed by atoms with Crippen molar-refractivity contribution in [1.29, 1.82) is 0 Å². The van der Waals surface area contributed by atoms with E-state index < -0.39 is 11.8 Å². The Bertz CT molecular complexity index is 867. The zero-order valence-electron chi connectivity index (χ0n) is 11.8. The Morgan fingerprint density at radius 3 is 2.82 bits per heavy atom. The molecule has 0 aliphatic carbocycles. The van der Waals surface area contributed by atoms with E-state index in [1.807, 2.05) is 30.3 Å². The number of nitrogens with one attached hydrogen (secondary N) is 1. The average molecular weight is 299 g/mol. The van der Waals surface area contributed by atoms with E-state index in [0.29, 0.717) is 5.52 Å². The predicted molar refractivity (Wildman–Crippen MR) is 79.5 cm³/mol. The summed E-state index contributed by atoms with van der Waals surface area (Å²) in [6.07, 6.45) is -0.631. The molecule has 0 spiro atoms. The number of carbonyl (C=O) groups is 1. The van der Waals surface area contributed by atoms with Gasteiger partial charge in [0.05, 0.1) is 0 Å². The van der Waals surface area contributed by atoms with Crippen LogP contribution in [0.2, 0.25) is 0 Å². The molecular formula is C15H13N3O4. The second-order valence-electron chi connectivity index (χ2n) is 4.63. The second kappa shape index (κ2) is 5.72. The van der Waals surface area contributed by atoms with E-state index in [0.717, 1.165) is 5.56 Å². The number of ether oxygens (including phenoxy) is 1. The molecule has 0 saturated carbocycles. The van der Waals surface area contributed by atoms with Crippen LogP contribution in [0, 0.1) is 0 Å².